The number of ether oxygens (including phenoxy) is 13. The summed E-state index contributed by atoms with van der Waals surface area (Å²) >= 11 is 0. The summed E-state index contributed by atoms with van der Waals surface area (Å²) in [6, 6.07) is 3.47. The quantitative estimate of drug-likeness (QED) is 0.0183. The van der Waals surface area contributed by atoms with E-state index in [1.54, 1.807) is 6.07 Å². The highest BCUT2D eigenvalue weighted by Crippen LogP contribution is 2.33. The molecule has 0 spiro atoms. The summed E-state index contributed by atoms with van der Waals surface area (Å²) in [7, 11) is 0. The van der Waals surface area contributed by atoms with Crippen molar-refractivity contribution >= 4 is 41.2 Å². The number of halogens is 5. The van der Waals surface area contributed by atoms with Crippen molar-refractivity contribution in [2.75, 3.05) is 164 Å². The van der Waals surface area contributed by atoms with Gasteiger partial charge < -0.3 is 66.9 Å². The van der Waals surface area contributed by atoms with Gasteiger partial charge in [0.2, 0.25) is 52.6 Å². The maximum absolute atomic E-state index is 13.6. The van der Waals surface area contributed by atoms with Crippen molar-refractivity contribution in [2.24, 2.45) is 0 Å². The molecule has 1 atom stereocenters. The molecule has 77 heavy (non-hydrogen) atoms. The van der Waals surface area contributed by atoms with Crippen molar-refractivity contribution in [1.29, 1.82) is 0 Å². The molecule has 1 unspecified atom stereocenters. The Morgan fingerprint density at radius 1 is 0.494 bits per heavy atom. The van der Waals surface area contributed by atoms with Crippen LogP contribution < -0.4 is 15.4 Å². The van der Waals surface area contributed by atoms with Crippen LogP contribution >= 0.6 is 0 Å². The fraction of sp³-hybridized carbons (Fsp3) is 0.640. The SMILES string of the molecule is O=C1CCC(N2C(=O)c3cccc(NC(=O)CCCCCOCCOCCOCCOCCOCCOCCOCCOCCOCCOCCOCCOCCC(=O)Oc4c(F)c(F)c(F)c(F)c4F)c3C2=O)C(=O)N1. The number of carbonyl (C=O) groups excluding carboxylic acids is 6. The molecule has 1 saturated heterocycles. The van der Waals surface area contributed by atoms with Crippen LogP contribution in [0.5, 0.6) is 5.75 Å². The van der Waals surface area contributed by atoms with Crippen LogP contribution in [0.4, 0.5) is 27.6 Å². The second-order valence-corrected chi connectivity index (χ2v) is 16.5. The average Bonchev–Trinajstić information content (AvgIpc) is 3.72. The molecule has 2 aliphatic rings. The van der Waals surface area contributed by atoms with Crippen molar-refractivity contribution in [3.63, 3.8) is 0 Å². The molecule has 432 valence electrons. The van der Waals surface area contributed by atoms with Crippen LogP contribution in [-0.4, -0.2) is 205 Å². The Bertz CT molecular complexity index is 2120. The number of hydrogen-bond donors (Lipinski definition) is 2. The van der Waals surface area contributed by atoms with Gasteiger partial charge in [0.1, 0.15) is 6.04 Å². The number of fused-ring (bicyclic) bond motifs is 1. The highest BCUT2D eigenvalue weighted by Gasteiger charge is 2.45. The number of nitrogens with one attached hydrogen (secondary N) is 2. The van der Waals surface area contributed by atoms with E-state index in [-0.39, 0.29) is 75.0 Å². The van der Waals surface area contributed by atoms with Crippen LogP contribution in [-0.2, 0) is 76.0 Å². The average molecular weight is 1110 g/mol. The minimum atomic E-state index is -2.36. The van der Waals surface area contributed by atoms with Gasteiger partial charge in [0.15, 0.2) is 0 Å². The Morgan fingerprint density at radius 2 is 0.896 bits per heavy atom. The monoisotopic (exact) mass is 1110 g/mol. The minimum absolute atomic E-state index is 0.0136. The van der Waals surface area contributed by atoms with Gasteiger partial charge in [-0.1, -0.05) is 12.5 Å². The molecule has 2 heterocycles. The normalized spacial score (nSPS) is 14.4. The molecule has 0 bridgehead atoms. The molecule has 5 amide bonds. The van der Waals surface area contributed by atoms with Gasteiger partial charge in [0.25, 0.3) is 11.8 Å². The Hall–Kier alpha value is -5.17. The van der Waals surface area contributed by atoms with E-state index in [9.17, 15) is 50.7 Å². The number of amides is 5. The zero-order valence-electron chi connectivity index (χ0n) is 42.8. The first-order valence-corrected chi connectivity index (χ1v) is 25.2. The van der Waals surface area contributed by atoms with E-state index in [1.807, 2.05) is 0 Å². The highest BCUT2D eigenvalue weighted by atomic mass is 19.2. The fourth-order valence-electron chi connectivity index (χ4n) is 7.01. The molecule has 2 N–H and O–H groups in total. The summed E-state index contributed by atoms with van der Waals surface area (Å²) in [6.45, 7) is 8.30. The summed E-state index contributed by atoms with van der Waals surface area (Å²) < 4.78 is 136. The molecule has 0 radical (unpaired) electrons. The number of esters is 1. The first-order chi connectivity index (χ1) is 37.4. The lowest BCUT2D eigenvalue weighted by Gasteiger charge is -2.27. The Kier molecular flexibility index (Phi) is 32.1. The minimum Gasteiger partial charge on any atom is -0.420 e. The second-order valence-electron chi connectivity index (χ2n) is 16.5. The van der Waals surface area contributed by atoms with Gasteiger partial charge in [-0.2, -0.15) is 8.78 Å². The first kappa shape index (κ1) is 64.4. The number of unbranched alkanes of at least 4 members (excludes halogenated alkanes) is 2. The molecule has 0 saturated carbocycles. The van der Waals surface area contributed by atoms with Gasteiger partial charge >= 0.3 is 5.97 Å². The molecule has 4 rings (SSSR count). The molecule has 2 aromatic rings. The second kappa shape index (κ2) is 38.4. The van der Waals surface area contributed by atoms with E-state index in [0.29, 0.717) is 132 Å². The number of anilines is 1. The molecule has 2 aromatic carbocycles. The number of hydrogen-bond acceptors (Lipinski definition) is 19. The van der Waals surface area contributed by atoms with E-state index < -0.39 is 76.9 Å². The van der Waals surface area contributed by atoms with E-state index in [1.165, 1.54) is 12.1 Å². The van der Waals surface area contributed by atoms with Gasteiger partial charge in [-0.15, -0.1) is 0 Å². The van der Waals surface area contributed by atoms with Crippen LogP contribution in [0.15, 0.2) is 18.2 Å². The number of benzene rings is 2. The van der Waals surface area contributed by atoms with Crippen molar-refractivity contribution in [3.8, 4) is 5.75 Å². The lowest BCUT2D eigenvalue weighted by molar-refractivity contribution is -0.137. The standard InChI is InChI=1S/C50H68F5N3O19/c51-42-43(52)45(54)47(46(55)44(42)53)77-40(61)10-12-66-14-16-68-18-20-70-22-24-72-26-28-74-30-32-76-34-33-75-31-29-73-27-25-71-23-21-69-19-17-67-15-13-65-11-3-1-2-7-38(59)56-36-6-4-5-35-41(36)50(64)58(49(35)63)37-8-9-39(60)57-48(37)62/h4-6,37H,1-3,7-34H2,(H,56,59)(H,57,60,62). The van der Waals surface area contributed by atoms with Gasteiger partial charge in [-0.3, -0.25) is 39.0 Å². The van der Waals surface area contributed by atoms with E-state index in [0.717, 1.165) is 17.7 Å². The molecular formula is C50H68F5N3O19. The maximum atomic E-state index is 13.6. The van der Waals surface area contributed by atoms with E-state index in [4.69, 9.17) is 56.8 Å². The van der Waals surface area contributed by atoms with Crippen molar-refractivity contribution in [1.82, 2.24) is 10.2 Å². The van der Waals surface area contributed by atoms with Crippen LogP contribution in [0.3, 0.4) is 0 Å². The Morgan fingerprint density at radius 3 is 1.32 bits per heavy atom. The summed E-state index contributed by atoms with van der Waals surface area (Å²) in [6.07, 6.45) is 1.83. The van der Waals surface area contributed by atoms with Crippen LogP contribution in [0, 0.1) is 29.1 Å². The number of carbonyl (C=O) groups is 6. The molecule has 2 aliphatic heterocycles. The van der Waals surface area contributed by atoms with Crippen molar-refractivity contribution in [2.45, 2.75) is 51.0 Å². The molecule has 27 heteroatoms. The van der Waals surface area contributed by atoms with Crippen molar-refractivity contribution in [3.05, 3.63) is 58.4 Å². The summed E-state index contributed by atoms with van der Waals surface area (Å²) in [4.78, 5) is 75.3. The maximum Gasteiger partial charge on any atom is 0.313 e. The zero-order chi connectivity index (χ0) is 55.5. The smallest absolute Gasteiger partial charge is 0.313 e. The number of piperidine rings is 1. The Labute approximate surface area is 441 Å². The topological polar surface area (TPSA) is 250 Å². The summed E-state index contributed by atoms with van der Waals surface area (Å²) in [5.41, 5.74) is 0.333. The van der Waals surface area contributed by atoms with Crippen LogP contribution in [0.1, 0.15) is 65.7 Å². The fourth-order valence-corrected chi connectivity index (χ4v) is 7.01. The molecular weight excluding hydrogens is 1040 g/mol. The highest BCUT2D eigenvalue weighted by molar-refractivity contribution is 6.26. The third-order valence-corrected chi connectivity index (χ3v) is 10.9. The van der Waals surface area contributed by atoms with E-state index in [2.05, 4.69) is 15.4 Å². The van der Waals surface area contributed by atoms with Gasteiger partial charge in [0.05, 0.1) is 175 Å². The van der Waals surface area contributed by atoms with Crippen molar-refractivity contribution < 1.29 is 112 Å². The lowest BCUT2D eigenvalue weighted by atomic mass is 10.0. The van der Waals surface area contributed by atoms with Crippen LogP contribution in [0.25, 0.3) is 0 Å². The van der Waals surface area contributed by atoms with Gasteiger partial charge in [-0.05, 0) is 31.4 Å². The van der Waals surface area contributed by atoms with E-state index >= 15 is 0 Å². The lowest BCUT2D eigenvalue weighted by Crippen LogP contribution is -2.54. The largest absolute Gasteiger partial charge is 0.420 e. The first-order valence-electron chi connectivity index (χ1n) is 25.2. The molecule has 22 nitrogen and oxygen atoms in total. The van der Waals surface area contributed by atoms with Crippen LogP contribution in [0.2, 0.25) is 0 Å². The number of nitrogens with zero attached hydrogens (tertiary/aromatic N) is 1. The Balaban J connectivity index is 0.785. The molecule has 0 aliphatic carbocycles. The third-order valence-electron chi connectivity index (χ3n) is 10.9. The molecule has 0 aromatic heterocycles. The van der Waals surface area contributed by atoms with Gasteiger partial charge in [-0.25, -0.2) is 13.2 Å². The number of rotatable bonds is 45. The number of imide groups is 2. The summed E-state index contributed by atoms with van der Waals surface area (Å²) in [5.74, 6) is -17.0. The third kappa shape index (κ3) is 24.2. The van der Waals surface area contributed by atoms with Gasteiger partial charge in [0, 0.05) is 19.4 Å². The predicted octanol–water partition coefficient (Wildman–Crippen LogP) is 3.48. The summed E-state index contributed by atoms with van der Waals surface area (Å²) in [5, 5.41) is 4.89. The molecule has 1 fully saturated rings. The zero-order valence-corrected chi connectivity index (χ0v) is 42.8. The predicted molar refractivity (Wildman–Crippen MR) is 257 cm³/mol.